The highest BCUT2D eigenvalue weighted by Gasteiger charge is 2.02. The van der Waals surface area contributed by atoms with Gasteiger partial charge in [-0.3, -0.25) is 4.98 Å². The number of allylic oxidation sites excluding steroid dienone is 2. The maximum absolute atomic E-state index is 4.14. The van der Waals surface area contributed by atoms with Crippen molar-refractivity contribution in [2.75, 3.05) is 0 Å². The van der Waals surface area contributed by atoms with Crippen LogP contribution in [0.5, 0.6) is 0 Å². The average molecular weight is 284 g/mol. The first kappa shape index (κ1) is 17.4. The fourth-order valence-electron chi connectivity index (χ4n) is 2.35. The number of nitrogens with one attached hydrogen (secondary N) is 1. The van der Waals surface area contributed by atoms with Gasteiger partial charge in [0.2, 0.25) is 0 Å². The largest absolute Gasteiger partial charge is 0.310 e. The third-order valence-corrected chi connectivity index (χ3v) is 3.60. The van der Waals surface area contributed by atoms with Crippen molar-refractivity contribution in [3.63, 3.8) is 0 Å². The summed E-state index contributed by atoms with van der Waals surface area (Å²) in [5, 5.41) is 6.07. The van der Waals surface area contributed by atoms with Crippen LogP contribution in [0.25, 0.3) is 10.8 Å². The lowest BCUT2D eigenvalue weighted by Gasteiger charge is -2.13. The van der Waals surface area contributed by atoms with Crippen LogP contribution in [0.15, 0.2) is 48.8 Å². The molecule has 0 saturated carbocycles. The maximum atomic E-state index is 4.14. The summed E-state index contributed by atoms with van der Waals surface area (Å²) in [6.07, 6.45) is 11.8. The Morgan fingerprint density at radius 1 is 1.24 bits per heavy atom. The molecule has 1 aromatic heterocycles. The molecule has 2 heteroatoms. The summed E-state index contributed by atoms with van der Waals surface area (Å²) in [5.41, 5.74) is 1.34. The zero-order valence-corrected chi connectivity index (χ0v) is 12.5. The molecular weight excluding hydrogens is 256 g/mol. The van der Waals surface area contributed by atoms with E-state index >= 15 is 0 Å². The number of rotatable bonds is 7. The number of nitrogens with zero attached hydrogens (tertiary/aromatic N) is 1. The molecule has 0 radical (unpaired) electrons. The van der Waals surface area contributed by atoms with Crippen molar-refractivity contribution in [2.24, 2.45) is 0 Å². The van der Waals surface area contributed by atoms with Gasteiger partial charge in [-0.2, -0.15) is 0 Å². The number of pyridine rings is 1. The Morgan fingerprint density at radius 2 is 2.10 bits per heavy atom. The van der Waals surface area contributed by atoms with Gasteiger partial charge in [0.25, 0.3) is 0 Å². The summed E-state index contributed by atoms with van der Waals surface area (Å²) in [7, 11) is 0. The summed E-state index contributed by atoms with van der Waals surface area (Å²) in [6, 6.07) is 9.21. The second kappa shape index (κ2) is 9.30. The zero-order valence-electron chi connectivity index (χ0n) is 12.5. The van der Waals surface area contributed by atoms with E-state index in [4.69, 9.17) is 0 Å². The van der Waals surface area contributed by atoms with Gasteiger partial charge in [0.05, 0.1) is 0 Å². The van der Waals surface area contributed by atoms with E-state index < -0.39 is 0 Å². The van der Waals surface area contributed by atoms with E-state index in [-0.39, 0.29) is 7.43 Å². The number of fused-ring (bicyclic) bond motifs is 1. The molecule has 21 heavy (non-hydrogen) atoms. The molecule has 0 unspecified atom stereocenters. The Labute approximate surface area is 129 Å². The molecule has 0 fully saturated rings. The van der Waals surface area contributed by atoms with Crippen LogP contribution in [0, 0.1) is 0 Å². The first-order valence-corrected chi connectivity index (χ1v) is 7.47. The van der Waals surface area contributed by atoms with Gasteiger partial charge in [-0.1, -0.05) is 31.7 Å². The van der Waals surface area contributed by atoms with Crippen molar-refractivity contribution < 1.29 is 0 Å². The molecule has 1 N–H and O–H groups in total. The third-order valence-electron chi connectivity index (χ3n) is 3.60. The Morgan fingerprint density at radius 3 is 2.90 bits per heavy atom. The van der Waals surface area contributed by atoms with Gasteiger partial charge in [-0.25, -0.2) is 0 Å². The number of unbranched alkanes of at least 4 members (excludes halogenated alkanes) is 1. The lowest BCUT2D eigenvalue weighted by atomic mass is 10.1. The molecule has 2 nitrogen and oxygen atoms in total. The molecule has 0 aliphatic rings. The predicted octanol–water partition coefficient (Wildman–Crippen LogP) is 5.10. The number of hydrogen-bond donors (Lipinski definition) is 1. The van der Waals surface area contributed by atoms with Gasteiger partial charge in [0.1, 0.15) is 0 Å². The molecule has 2 aromatic rings. The van der Waals surface area contributed by atoms with E-state index in [2.05, 4.69) is 60.6 Å². The van der Waals surface area contributed by atoms with Crippen molar-refractivity contribution in [2.45, 2.75) is 53.1 Å². The Kier molecular flexibility index (Phi) is 7.70. The molecule has 114 valence electrons. The predicted molar refractivity (Wildman–Crippen MR) is 93.4 cm³/mol. The molecule has 0 saturated heterocycles. The molecule has 1 heterocycles. The first-order chi connectivity index (χ1) is 9.79. The van der Waals surface area contributed by atoms with E-state index in [9.17, 15) is 0 Å². The monoisotopic (exact) mass is 284 g/mol. The first-order valence-electron chi connectivity index (χ1n) is 7.47. The standard InChI is InChI=1S/C18H24N2.CH4/c1-3-4-5-6-7-15(2)20-13-16-8-9-18-14-19-11-10-17(18)12-16;/h3-4,8-12,14-15,20H,5-7,13H2,1-2H3;1H4/t15-;/m1./s1. The van der Waals surface area contributed by atoms with Crippen molar-refractivity contribution >= 4 is 10.8 Å². The van der Waals surface area contributed by atoms with Crippen LogP contribution in [0.2, 0.25) is 0 Å². The normalized spacial score (nSPS) is 12.5. The van der Waals surface area contributed by atoms with Gasteiger partial charge in [0, 0.05) is 30.4 Å². The molecular formula is C19H28N2. The second-order valence-corrected chi connectivity index (χ2v) is 5.34. The van der Waals surface area contributed by atoms with Crippen molar-refractivity contribution in [1.29, 1.82) is 0 Å². The minimum atomic E-state index is 0. The number of aromatic nitrogens is 1. The zero-order chi connectivity index (χ0) is 14.2. The minimum absolute atomic E-state index is 0. The van der Waals surface area contributed by atoms with Gasteiger partial charge < -0.3 is 5.32 Å². The summed E-state index contributed by atoms with van der Waals surface area (Å²) in [6.45, 7) is 5.28. The van der Waals surface area contributed by atoms with Crippen LogP contribution >= 0.6 is 0 Å². The molecule has 1 aromatic carbocycles. The SMILES string of the molecule is C.CC=CCCC[C@@H](C)NCc1ccc2cnccc2c1. The maximum Gasteiger partial charge on any atom is 0.0346 e. The Balaban J connectivity index is 0.00000220. The molecule has 0 amide bonds. The third kappa shape index (κ3) is 5.68. The van der Waals surface area contributed by atoms with Crippen LogP contribution in [-0.4, -0.2) is 11.0 Å². The van der Waals surface area contributed by atoms with E-state index in [1.54, 1.807) is 0 Å². The highest BCUT2D eigenvalue weighted by atomic mass is 14.9. The summed E-state index contributed by atoms with van der Waals surface area (Å²) in [5.74, 6) is 0. The van der Waals surface area contributed by atoms with E-state index in [0.717, 1.165) is 6.54 Å². The number of hydrogen-bond acceptors (Lipinski definition) is 2. The van der Waals surface area contributed by atoms with Gasteiger partial charge in [-0.05, 0) is 56.2 Å². The second-order valence-electron chi connectivity index (χ2n) is 5.34. The van der Waals surface area contributed by atoms with Crippen molar-refractivity contribution in [3.8, 4) is 0 Å². The average Bonchev–Trinajstić information content (AvgIpc) is 2.49. The molecule has 0 aliphatic carbocycles. The molecule has 0 aliphatic heterocycles. The van der Waals surface area contributed by atoms with E-state index in [1.165, 1.54) is 35.6 Å². The van der Waals surface area contributed by atoms with E-state index in [0.29, 0.717) is 6.04 Å². The van der Waals surface area contributed by atoms with Gasteiger partial charge in [-0.15, -0.1) is 0 Å². The van der Waals surface area contributed by atoms with Crippen LogP contribution in [-0.2, 0) is 6.54 Å². The van der Waals surface area contributed by atoms with Gasteiger partial charge >= 0.3 is 0 Å². The van der Waals surface area contributed by atoms with Crippen molar-refractivity contribution in [3.05, 3.63) is 54.4 Å². The van der Waals surface area contributed by atoms with Crippen LogP contribution < -0.4 is 5.32 Å². The Bertz CT molecular complexity index is 560. The van der Waals surface area contributed by atoms with E-state index in [1.807, 2.05) is 12.4 Å². The minimum Gasteiger partial charge on any atom is -0.310 e. The topological polar surface area (TPSA) is 24.9 Å². The Hall–Kier alpha value is -1.67. The summed E-state index contributed by atoms with van der Waals surface area (Å²) in [4.78, 5) is 4.14. The lowest BCUT2D eigenvalue weighted by molar-refractivity contribution is 0.500. The molecule has 2 rings (SSSR count). The summed E-state index contributed by atoms with van der Waals surface area (Å²) < 4.78 is 0. The van der Waals surface area contributed by atoms with Gasteiger partial charge in [0.15, 0.2) is 0 Å². The molecule has 0 bridgehead atoms. The quantitative estimate of drug-likeness (QED) is 0.565. The number of benzene rings is 1. The molecule has 0 spiro atoms. The summed E-state index contributed by atoms with van der Waals surface area (Å²) >= 11 is 0. The van der Waals surface area contributed by atoms with Crippen LogP contribution in [0.3, 0.4) is 0 Å². The highest BCUT2D eigenvalue weighted by molar-refractivity contribution is 5.81. The fourth-order valence-corrected chi connectivity index (χ4v) is 2.35. The highest BCUT2D eigenvalue weighted by Crippen LogP contribution is 2.14. The smallest absolute Gasteiger partial charge is 0.0346 e. The fraction of sp³-hybridized carbons (Fsp3) is 0.421. The van der Waals surface area contributed by atoms with Crippen LogP contribution in [0.4, 0.5) is 0 Å². The molecule has 1 atom stereocenters. The van der Waals surface area contributed by atoms with Crippen molar-refractivity contribution in [1.82, 2.24) is 10.3 Å². The van der Waals surface area contributed by atoms with Crippen LogP contribution in [0.1, 0.15) is 46.1 Å². The lowest BCUT2D eigenvalue weighted by Crippen LogP contribution is -2.25.